The van der Waals surface area contributed by atoms with Crippen LogP contribution in [-0.4, -0.2) is 29.3 Å². The SMILES string of the molecule is Nc1ccc2c(N(CCO)C3CC3)ccnc2c1. The summed E-state index contributed by atoms with van der Waals surface area (Å²) in [4.78, 5) is 6.63. The van der Waals surface area contributed by atoms with Gasteiger partial charge in [0.2, 0.25) is 0 Å². The van der Waals surface area contributed by atoms with Crippen LogP contribution in [0.25, 0.3) is 10.9 Å². The summed E-state index contributed by atoms with van der Waals surface area (Å²) in [7, 11) is 0. The van der Waals surface area contributed by atoms with Crippen molar-refractivity contribution in [3.63, 3.8) is 0 Å². The van der Waals surface area contributed by atoms with Gasteiger partial charge in [0.25, 0.3) is 0 Å². The van der Waals surface area contributed by atoms with Crippen molar-refractivity contribution in [2.45, 2.75) is 18.9 Å². The van der Waals surface area contributed by atoms with E-state index < -0.39 is 0 Å². The molecule has 0 bridgehead atoms. The predicted octanol–water partition coefficient (Wildman–Crippen LogP) is 1.78. The Morgan fingerprint density at radius 3 is 2.89 bits per heavy atom. The first kappa shape index (κ1) is 11.3. The fraction of sp³-hybridized carbons (Fsp3) is 0.357. The van der Waals surface area contributed by atoms with Crippen molar-refractivity contribution in [3.05, 3.63) is 30.5 Å². The second-order valence-corrected chi connectivity index (χ2v) is 4.75. The predicted molar refractivity (Wildman–Crippen MR) is 73.6 cm³/mol. The molecule has 18 heavy (non-hydrogen) atoms. The third-order valence-electron chi connectivity index (χ3n) is 3.38. The molecule has 1 aliphatic carbocycles. The molecule has 1 fully saturated rings. The molecule has 1 aromatic carbocycles. The number of hydrogen-bond acceptors (Lipinski definition) is 4. The van der Waals surface area contributed by atoms with Crippen LogP contribution in [0, 0.1) is 0 Å². The highest BCUT2D eigenvalue weighted by Gasteiger charge is 2.29. The summed E-state index contributed by atoms with van der Waals surface area (Å²) in [5.74, 6) is 0. The van der Waals surface area contributed by atoms with Crippen LogP contribution in [0.5, 0.6) is 0 Å². The lowest BCUT2D eigenvalue weighted by atomic mass is 10.1. The quantitative estimate of drug-likeness (QED) is 0.803. The number of aliphatic hydroxyl groups is 1. The maximum absolute atomic E-state index is 9.21. The van der Waals surface area contributed by atoms with Gasteiger partial charge < -0.3 is 15.7 Å². The number of aliphatic hydroxyl groups excluding tert-OH is 1. The minimum atomic E-state index is 0.176. The molecule has 0 spiro atoms. The van der Waals surface area contributed by atoms with Crippen molar-refractivity contribution in [1.82, 2.24) is 4.98 Å². The highest BCUT2D eigenvalue weighted by Crippen LogP contribution is 2.35. The summed E-state index contributed by atoms with van der Waals surface area (Å²) in [5, 5.41) is 10.3. The maximum atomic E-state index is 9.21. The highest BCUT2D eigenvalue weighted by molar-refractivity contribution is 5.93. The molecule has 0 atom stereocenters. The van der Waals surface area contributed by atoms with E-state index in [1.807, 2.05) is 30.5 Å². The number of rotatable bonds is 4. The number of nitrogens with two attached hydrogens (primary N) is 1. The Hall–Kier alpha value is -1.81. The number of fused-ring (bicyclic) bond motifs is 1. The Balaban J connectivity index is 2.09. The first-order chi connectivity index (χ1) is 8.79. The van der Waals surface area contributed by atoms with Gasteiger partial charge in [-0.05, 0) is 37.1 Å². The van der Waals surface area contributed by atoms with Crippen molar-refractivity contribution in [1.29, 1.82) is 0 Å². The van der Waals surface area contributed by atoms with E-state index in [1.165, 1.54) is 12.8 Å². The molecule has 4 nitrogen and oxygen atoms in total. The number of aromatic nitrogens is 1. The first-order valence-electron chi connectivity index (χ1n) is 6.31. The minimum absolute atomic E-state index is 0.176. The van der Waals surface area contributed by atoms with Crippen molar-refractivity contribution in [2.24, 2.45) is 0 Å². The topological polar surface area (TPSA) is 62.4 Å². The van der Waals surface area contributed by atoms with Crippen LogP contribution < -0.4 is 10.6 Å². The zero-order valence-corrected chi connectivity index (χ0v) is 10.2. The lowest BCUT2D eigenvalue weighted by Crippen LogP contribution is -2.29. The second kappa shape index (κ2) is 4.46. The average molecular weight is 243 g/mol. The smallest absolute Gasteiger partial charge is 0.0743 e. The van der Waals surface area contributed by atoms with Crippen LogP contribution in [0.4, 0.5) is 11.4 Å². The highest BCUT2D eigenvalue weighted by atomic mass is 16.3. The molecule has 94 valence electrons. The normalized spacial score (nSPS) is 14.9. The van der Waals surface area contributed by atoms with Crippen molar-refractivity contribution in [2.75, 3.05) is 23.8 Å². The van der Waals surface area contributed by atoms with E-state index in [2.05, 4.69) is 9.88 Å². The van der Waals surface area contributed by atoms with Crippen LogP contribution in [0.15, 0.2) is 30.5 Å². The van der Waals surface area contributed by atoms with E-state index in [-0.39, 0.29) is 6.61 Å². The number of hydrogen-bond donors (Lipinski definition) is 2. The molecular formula is C14H17N3O. The minimum Gasteiger partial charge on any atom is -0.399 e. The van der Waals surface area contributed by atoms with Gasteiger partial charge in [-0.25, -0.2) is 0 Å². The van der Waals surface area contributed by atoms with Gasteiger partial charge in [-0.15, -0.1) is 0 Å². The molecule has 0 unspecified atom stereocenters. The third kappa shape index (κ3) is 1.99. The molecule has 1 saturated carbocycles. The van der Waals surface area contributed by atoms with E-state index in [4.69, 9.17) is 5.73 Å². The lowest BCUT2D eigenvalue weighted by molar-refractivity contribution is 0.301. The number of anilines is 2. The van der Waals surface area contributed by atoms with Gasteiger partial charge in [-0.2, -0.15) is 0 Å². The Morgan fingerprint density at radius 1 is 1.33 bits per heavy atom. The molecule has 0 saturated heterocycles. The number of nitrogens with zero attached hydrogens (tertiary/aromatic N) is 2. The van der Waals surface area contributed by atoms with Crippen LogP contribution >= 0.6 is 0 Å². The van der Waals surface area contributed by atoms with Crippen molar-refractivity contribution < 1.29 is 5.11 Å². The standard InChI is InChI=1S/C14H17N3O/c15-10-1-4-12-13(9-10)16-6-5-14(12)17(7-8-18)11-2-3-11/h1,4-6,9,11,18H,2-3,7-8,15H2. The third-order valence-corrected chi connectivity index (χ3v) is 3.38. The first-order valence-corrected chi connectivity index (χ1v) is 6.31. The number of nitrogen functional groups attached to an aromatic ring is 1. The van der Waals surface area contributed by atoms with Gasteiger partial charge in [0, 0.05) is 35.5 Å². The van der Waals surface area contributed by atoms with Crippen LogP contribution in [0.1, 0.15) is 12.8 Å². The Bertz CT molecular complexity index is 566. The van der Waals surface area contributed by atoms with Gasteiger partial charge in [-0.1, -0.05) is 0 Å². The molecule has 1 heterocycles. The summed E-state index contributed by atoms with van der Waals surface area (Å²) < 4.78 is 0. The van der Waals surface area contributed by atoms with Gasteiger partial charge in [-0.3, -0.25) is 4.98 Å². The van der Waals surface area contributed by atoms with Gasteiger partial charge in [0.1, 0.15) is 0 Å². The Kier molecular flexibility index (Phi) is 2.80. The summed E-state index contributed by atoms with van der Waals surface area (Å²) in [6.07, 6.45) is 4.22. The molecule has 0 aliphatic heterocycles. The lowest BCUT2D eigenvalue weighted by Gasteiger charge is -2.25. The van der Waals surface area contributed by atoms with Gasteiger partial charge in [0.15, 0.2) is 0 Å². The number of benzene rings is 1. The second-order valence-electron chi connectivity index (χ2n) is 4.75. The zero-order valence-electron chi connectivity index (χ0n) is 10.2. The van der Waals surface area contributed by atoms with Gasteiger partial charge in [0.05, 0.1) is 12.1 Å². The summed E-state index contributed by atoms with van der Waals surface area (Å²) >= 11 is 0. The fourth-order valence-electron chi connectivity index (χ4n) is 2.39. The van der Waals surface area contributed by atoms with Crippen molar-refractivity contribution >= 4 is 22.3 Å². The molecule has 1 aliphatic rings. The molecular weight excluding hydrogens is 226 g/mol. The fourth-order valence-corrected chi connectivity index (χ4v) is 2.39. The van der Waals surface area contributed by atoms with E-state index in [1.54, 1.807) is 0 Å². The monoisotopic (exact) mass is 243 g/mol. The molecule has 1 aromatic heterocycles. The maximum Gasteiger partial charge on any atom is 0.0743 e. The zero-order chi connectivity index (χ0) is 12.5. The van der Waals surface area contributed by atoms with E-state index in [9.17, 15) is 5.11 Å². The van der Waals surface area contributed by atoms with Crippen LogP contribution in [0.2, 0.25) is 0 Å². The van der Waals surface area contributed by atoms with Crippen molar-refractivity contribution in [3.8, 4) is 0 Å². The van der Waals surface area contributed by atoms with E-state index >= 15 is 0 Å². The summed E-state index contributed by atoms with van der Waals surface area (Å²) in [6, 6.07) is 8.40. The van der Waals surface area contributed by atoms with E-state index in [0.29, 0.717) is 12.6 Å². The average Bonchev–Trinajstić information content (AvgIpc) is 3.19. The Labute approximate surface area is 106 Å². The summed E-state index contributed by atoms with van der Waals surface area (Å²) in [6.45, 7) is 0.851. The van der Waals surface area contributed by atoms with Gasteiger partial charge >= 0.3 is 0 Å². The molecule has 3 rings (SSSR count). The molecule has 0 radical (unpaired) electrons. The molecule has 4 heteroatoms. The molecule has 0 amide bonds. The molecule has 2 aromatic rings. The van der Waals surface area contributed by atoms with E-state index in [0.717, 1.165) is 22.3 Å². The largest absolute Gasteiger partial charge is 0.399 e. The Morgan fingerprint density at radius 2 is 2.17 bits per heavy atom. The van der Waals surface area contributed by atoms with Crippen LogP contribution in [-0.2, 0) is 0 Å². The summed E-state index contributed by atoms with van der Waals surface area (Å²) in [5.41, 5.74) is 8.58. The number of pyridine rings is 1. The molecule has 3 N–H and O–H groups in total. The van der Waals surface area contributed by atoms with Crippen LogP contribution in [0.3, 0.4) is 0 Å².